The van der Waals surface area contributed by atoms with Crippen LogP contribution >= 0.6 is 15.9 Å². The molecule has 4 nitrogen and oxygen atoms in total. The van der Waals surface area contributed by atoms with Crippen molar-refractivity contribution in [2.24, 2.45) is 23.7 Å². The number of halogens is 1. The normalized spacial score (nSPS) is 33.8. The van der Waals surface area contributed by atoms with Crippen LogP contribution in [0.1, 0.15) is 50.6 Å². The van der Waals surface area contributed by atoms with Crippen LogP contribution < -0.4 is 15.4 Å². The Balaban J connectivity index is 1.36. The average Bonchev–Trinajstić information content (AvgIpc) is 2.57. The van der Waals surface area contributed by atoms with E-state index in [1.807, 2.05) is 25.1 Å². The number of hydrogen-bond acceptors (Lipinski definition) is 2. The predicted octanol–water partition coefficient (Wildman–Crippen LogP) is 4.64. The zero-order valence-corrected chi connectivity index (χ0v) is 16.5. The minimum atomic E-state index is -0.0426. The fourth-order valence-electron chi connectivity index (χ4n) is 5.59. The minimum Gasteiger partial charge on any atom is -0.496 e. The summed E-state index contributed by atoms with van der Waals surface area (Å²) in [6.45, 7) is 2.02. The van der Waals surface area contributed by atoms with Gasteiger partial charge in [0.2, 0.25) is 0 Å². The number of urea groups is 1. The highest BCUT2D eigenvalue weighted by Gasteiger charge is 2.48. The third-order valence-corrected chi connectivity index (χ3v) is 7.17. The van der Waals surface area contributed by atoms with E-state index in [2.05, 4.69) is 26.6 Å². The number of methoxy groups -OCH3 is 1. The van der Waals surface area contributed by atoms with E-state index in [9.17, 15) is 4.79 Å². The third-order valence-electron chi connectivity index (χ3n) is 6.55. The molecule has 4 fully saturated rings. The highest BCUT2D eigenvalue weighted by atomic mass is 79.9. The van der Waals surface area contributed by atoms with Crippen molar-refractivity contribution >= 4 is 22.0 Å². The molecule has 0 heterocycles. The quantitative estimate of drug-likeness (QED) is 0.764. The van der Waals surface area contributed by atoms with Crippen molar-refractivity contribution in [3.8, 4) is 5.75 Å². The molecule has 136 valence electrons. The minimum absolute atomic E-state index is 0.0306. The summed E-state index contributed by atoms with van der Waals surface area (Å²) < 4.78 is 6.17. The van der Waals surface area contributed by atoms with Crippen molar-refractivity contribution in [1.82, 2.24) is 10.6 Å². The van der Waals surface area contributed by atoms with Gasteiger partial charge in [-0.2, -0.15) is 0 Å². The molecule has 1 unspecified atom stereocenters. The van der Waals surface area contributed by atoms with E-state index < -0.39 is 0 Å². The Labute approximate surface area is 158 Å². The van der Waals surface area contributed by atoms with Crippen LogP contribution in [0.15, 0.2) is 22.7 Å². The van der Waals surface area contributed by atoms with Gasteiger partial charge in [0.05, 0.1) is 17.6 Å². The lowest BCUT2D eigenvalue weighted by atomic mass is 9.54. The van der Waals surface area contributed by atoms with Crippen molar-refractivity contribution in [1.29, 1.82) is 0 Å². The van der Waals surface area contributed by atoms with Gasteiger partial charge in [0.15, 0.2) is 0 Å². The average molecular weight is 407 g/mol. The van der Waals surface area contributed by atoms with E-state index in [0.717, 1.165) is 27.6 Å². The number of hydrogen-bond donors (Lipinski definition) is 2. The second kappa shape index (κ2) is 6.82. The van der Waals surface area contributed by atoms with Gasteiger partial charge in [0.1, 0.15) is 5.75 Å². The Bertz CT molecular complexity index is 635. The molecule has 5 heteroatoms. The molecule has 2 N–H and O–H groups in total. The second-order valence-corrected chi connectivity index (χ2v) is 9.04. The van der Waals surface area contributed by atoms with Crippen molar-refractivity contribution in [2.75, 3.05) is 7.11 Å². The zero-order valence-electron chi connectivity index (χ0n) is 14.9. The van der Waals surface area contributed by atoms with Crippen molar-refractivity contribution < 1.29 is 9.53 Å². The summed E-state index contributed by atoms with van der Waals surface area (Å²) in [4.78, 5) is 12.6. The van der Waals surface area contributed by atoms with Gasteiger partial charge < -0.3 is 15.4 Å². The van der Waals surface area contributed by atoms with Crippen molar-refractivity contribution in [3.05, 3.63) is 28.2 Å². The monoisotopic (exact) mass is 406 g/mol. The molecule has 2 amide bonds. The molecular weight excluding hydrogens is 380 g/mol. The van der Waals surface area contributed by atoms with Gasteiger partial charge in [-0.15, -0.1) is 0 Å². The van der Waals surface area contributed by atoms with Gasteiger partial charge >= 0.3 is 6.03 Å². The molecule has 4 bridgehead atoms. The lowest BCUT2D eigenvalue weighted by Crippen LogP contribution is -2.57. The van der Waals surface area contributed by atoms with Gasteiger partial charge in [-0.25, -0.2) is 4.79 Å². The van der Waals surface area contributed by atoms with Crippen LogP contribution in [0, 0.1) is 23.7 Å². The summed E-state index contributed by atoms with van der Waals surface area (Å²) >= 11 is 3.51. The number of carbonyl (C=O) groups is 1. The highest BCUT2D eigenvalue weighted by Crippen LogP contribution is 2.53. The van der Waals surface area contributed by atoms with Crippen LogP contribution in [0.25, 0.3) is 0 Å². The largest absolute Gasteiger partial charge is 0.496 e. The molecule has 4 aliphatic rings. The molecule has 0 aromatic heterocycles. The fraction of sp³-hybridized carbons (Fsp3) is 0.650. The summed E-state index contributed by atoms with van der Waals surface area (Å²) in [6, 6.07) is 6.23. The Morgan fingerprint density at radius 1 is 1.16 bits per heavy atom. The Hall–Kier alpha value is -1.23. The molecule has 0 spiro atoms. The standard InChI is InChI=1S/C20H27BrN2O2/c1-11(14-3-4-18(25-2)17(21)10-14)22-20(24)23-19-15-6-12-5-13(8-15)9-16(19)7-12/h3-4,10-13,15-16,19H,5-9H2,1-2H3,(H2,22,23,24). The summed E-state index contributed by atoms with van der Waals surface area (Å²) in [7, 11) is 1.65. The SMILES string of the molecule is COc1ccc(C(C)NC(=O)NC2C3CC4CC(C3)CC2C4)cc1Br. The molecular formula is C20H27BrN2O2. The van der Waals surface area contributed by atoms with Crippen LogP contribution in [0.3, 0.4) is 0 Å². The van der Waals surface area contributed by atoms with Gasteiger partial charge in [-0.3, -0.25) is 0 Å². The maximum atomic E-state index is 12.6. The number of ether oxygens (including phenoxy) is 1. The highest BCUT2D eigenvalue weighted by molar-refractivity contribution is 9.10. The molecule has 0 radical (unpaired) electrons. The predicted molar refractivity (Wildman–Crippen MR) is 102 cm³/mol. The van der Waals surface area contributed by atoms with E-state index in [1.54, 1.807) is 7.11 Å². The first-order valence-electron chi connectivity index (χ1n) is 9.44. The first kappa shape index (κ1) is 17.2. The molecule has 4 saturated carbocycles. The van der Waals surface area contributed by atoms with E-state index in [1.165, 1.54) is 32.1 Å². The van der Waals surface area contributed by atoms with Gasteiger partial charge in [-0.1, -0.05) is 6.07 Å². The maximum absolute atomic E-state index is 12.6. The van der Waals surface area contributed by atoms with Gasteiger partial charge in [-0.05, 0) is 96.3 Å². The smallest absolute Gasteiger partial charge is 0.315 e. The first-order chi connectivity index (χ1) is 12.0. The molecule has 5 rings (SSSR count). The number of rotatable bonds is 4. The molecule has 0 saturated heterocycles. The van der Waals surface area contributed by atoms with E-state index in [-0.39, 0.29) is 12.1 Å². The fourth-order valence-corrected chi connectivity index (χ4v) is 6.14. The first-order valence-corrected chi connectivity index (χ1v) is 10.2. The summed E-state index contributed by atoms with van der Waals surface area (Å²) in [5.41, 5.74) is 1.06. The van der Waals surface area contributed by atoms with Crippen LogP contribution in [0.4, 0.5) is 4.79 Å². The van der Waals surface area contributed by atoms with Crippen LogP contribution in [-0.4, -0.2) is 19.2 Å². The maximum Gasteiger partial charge on any atom is 0.315 e. The Kier molecular flexibility index (Phi) is 4.69. The number of amides is 2. The number of carbonyl (C=O) groups excluding carboxylic acids is 1. The van der Waals surface area contributed by atoms with Crippen molar-refractivity contribution in [2.45, 2.75) is 51.1 Å². The molecule has 1 atom stereocenters. The Morgan fingerprint density at radius 2 is 1.80 bits per heavy atom. The number of nitrogens with one attached hydrogen (secondary N) is 2. The molecule has 1 aromatic rings. The van der Waals surface area contributed by atoms with E-state index in [0.29, 0.717) is 17.9 Å². The second-order valence-electron chi connectivity index (χ2n) is 8.19. The number of benzene rings is 1. The summed E-state index contributed by atoms with van der Waals surface area (Å²) in [5.74, 6) is 4.06. The molecule has 4 aliphatic carbocycles. The zero-order chi connectivity index (χ0) is 17.6. The Morgan fingerprint density at radius 3 is 2.36 bits per heavy atom. The van der Waals surface area contributed by atoms with E-state index in [4.69, 9.17) is 4.74 Å². The van der Waals surface area contributed by atoms with Crippen molar-refractivity contribution in [3.63, 3.8) is 0 Å². The third kappa shape index (κ3) is 3.40. The lowest BCUT2D eigenvalue weighted by Gasteiger charge is -2.54. The van der Waals surface area contributed by atoms with Gasteiger partial charge in [0.25, 0.3) is 0 Å². The van der Waals surface area contributed by atoms with Gasteiger partial charge in [0, 0.05) is 6.04 Å². The lowest BCUT2D eigenvalue weighted by molar-refractivity contribution is -0.00950. The molecule has 0 aliphatic heterocycles. The van der Waals surface area contributed by atoms with E-state index >= 15 is 0 Å². The topological polar surface area (TPSA) is 50.4 Å². The molecule has 25 heavy (non-hydrogen) atoms. The summed E-state index contributed by atoms with van der Waals surface area (Å²) in [6.07, 6.45) is 6.71. The van der Waals surface area contributed by atoms with Crippen LogP contribution in [0.5, 0.6) is 5.75 Å². The summed E-state index contributed by atoms with van der Waals surface area (Å²) in [5, 5.41) is 6.42. The van der Waals surface area contributed by atoms with Crippen LogP contribution in [-0.2, 0) is 0 Å². The van der Waals surface area contributed by atoms with Crippen LogP contribution in [0.2, 0.25) is 0 Å². The molecule has 1 aromatic carbocycles.